The van der Waals surface area contributed by atoms with Gasteiger partial charge in [0.2, 0.25) is 5.60 Å². The number of phosphoric ester groups is 1. The molecule has 0 aromatic carbocycles. The topological polar surface area (TPSA) is 215 Å². The molecule has 15 heteroatoms. The molecule has 6 N–H and O–H groups in total. The molecular formula is C33H56N5O9P. The summed E-state index contributed by atoms with van der Waals surface area (Å²) in [5.41, 5.74) is 4.23. The molecule has 0 amide bonds. The predicted octanol–water partition coefficient (Wildman–Crippen LogP) is 4.92. The summed E-state index contributed by atoms with van der Waals surface area (Å²) < 4.78 is 35.2. The van der Waals surface area contributed by atoms with Gasteiger partial charge in [-0.25, -0.2) is 14.1 Å². The Balaban J connectivity index is 1.23. The molecular weight excluding hydrogens is 641 g/mol. The number of anilines is 1. The van der Waals surface area contributed by atoms with Gasteiger partial charge < -0.3 is 35.4 Å². The lowest BCUT2D eigenvalue weighted by Gasteiger charge is -2.24. The molecule has 0 spiro atoms. The summed E-state index contributed by atoms with van der Waals surface area (Å²) in [6.07, 6.45) is 13.5. The standard InChI is InChI=1S/C33H56N5O9P/c1-2-3-4-5-9-12-15-20-44-21-16-13-10-7-6-8-11-14-17-26(39)22-45-48(42,43)46-23-28-30(40)31(41)33(24-34,47-28)29-19-18-27-32(35)36-25-37-38(27)29/h18-19,25-26,28,30-31,39-41H,2-17,20-23H2,1H3,(H,42,43)(H2,35,36,37)/t26-,28-,30+,31?,33+/m1/s1. The molecule has 1 fully saturated rings. The molecule has 1 aliphatic heterocycles. The number of fused-ring (bicyclic) bond motifs is 1. The number of aliphatic hydroxyl groups excluding tert-OH is 3. The Kier molecular flexibility index (Phi) is 17.7. The lowest BCUT2D eigenvalue weighted by Crippen LogP contribution is -2.41. The number of nitrogens with two attached hydrogens (primary N) is 1. The summed E-state index contributed by atoms with van der Waals surface area (Å²) in [4.78, 5) is 14.0. The molecule has 0 aliphatic carbocycles. The average molecular weight is 698 g/mol. The van der Waals surface area contributed by atoms with E-state index in [-0.39, 0.29) is 11.5 Å². The van der Waals surface area contributed by atoms with Crippen LogP contribution < -0.4 is 5.73 Å². The number of hydrogen-bond donors (Lipinski definition) is 5. The number of ether oxygens (including phenoxy) is 2. The van der Waals surface area contributed by atoms with Crippen LogP contribution in [0.5, 0.6) is 0 Å². The number of aromatic nitrogens is 3. The van der Waals surface area contributed by atoms with E-state index >= 15 is 0 Å². The maximum absolute atomic E-state index is 12.5. The van der Waals surface area contributed by atoms with Gasteiger partial charge in [0.15, 0.2) is 5.82 Å². The van der Waals surface area contributed by atoms with Crippen LogP contribution >= 0.6 is 7.82 Å². The van der Waals surface area contributed by atoms with E-state index in [2.05, 4.69) is 17.0 Å². The molecule has 0 saturated carbocycles. The highest BCUT2D eigenvalue weighted by Crippen LogP contribution is 2.46. The number of phosphoric acid groups is 1. The molecule has 2 aromatic rings. The Hall–Kier alpha value is -2.18. The fourth-order valence-electron chi connectivity index (χ4n) is 5.93. The minimum atomic E-state index is -4.65. The second-order valence-corrected chi connectivity index (χ2v) is 14.1. The molecule has 48 heavy (non-hydrogen) atoms. The number of nitrogen functional groups attached to an aromatic ring is 1. The van der Waals surface area contributed by atoms with Crippen LogP contribution in [0, 0.1) is 11.3 Å². The number of hydrogen-bond acceptors (Lipinski definition) is 12. The Labute approximate surface area is 284 Å². The molecule has 6 atom stereocenters. The Morgan fingerprint density at radius 3 is 2.23 bits per heavy atom. The summed E-state index contributed by atoms with van der Waals surface area (Å²) in [6, 6.07) is 4.88. The van der Waals surface area contributed by atoms with Gasteiger partial charge in [-0.3, -0.25) is 9.05 Å². The third-order valence-electron chi connectivity index (χ3n) is 8.79. The highest BCUT2D eigenvalue weighted by atomic mass is 31.2. The maximum atomic E-state index is 12.5. The zero-order chi connectivity index (χ0) is 34.8. The molecule has 1 aliphatic rings. The van der Waals surface area contributed by atoms with Gasteiger partial charge in [0.25, 0.3) is 0 Å². The summed E-state index contributed by atoms with van der Waals surface area (Å²) in [7, 11) is -4.65. The van der Waals surface area contributed by atoms with Crippen LogP contribution in [0.1, 0.15) is 115 Å². The van der Waals surface area contributed by atoms with E-state index in [0.29, 0.717) is 11.9 Å². The third-order valence-corrected chi connectivity index (χ3v) is 9.74. The summed E-state index contributed by atoms with van der Waals surface area (Å²) in [5.74, 6) is 0.134. The summed E-state index contributed by atoms with van der Waals surface area (Å²) in [6.45, 7) is 2.89. The van der Waals surface area contributed by atoms with Gasteiger partial charge in [-0.1, -0.05) is 90.4 Å². The first-order valence-corrected chi connectivity index (χ1v) is 19.1. The van der Waals surface area contributed by atoms with Crippen molar-refractivity contribution in [1.29, 1.82) is 5.26 Å². The van der Waals surface area contributed by atoms with Crippen molar-refractivity contribution in [3.63, 3.8) is 0 Å². The number of nitrogens with zero attached hydrogens (tertiary/aromatic N) is 4. The molecule has 1 saturated heterocycles. The van der Waals surface area contributed by atoms with Crippen molar-refractivity contribution >= 4 is 19.2 Å². The van der Waals surface area contributed by atoms with Crippen molar-refractivity contribution in [2.75, 3.05) is 32.2 Å². The Bertz CT molecular complexity index is 1290. The lowest BCUT2D eigenvalue weighted by molar-refractivity contribution is -0.0649. The van der Waals surface area contributed by atoms with Crippen molar-refractivity contribution in [3.8, 4) is 6.07 Å². The second-order valence-electron chi connectivity index (χ2n) is 12.7. The first kappa shape index (κ1) is 40.3. The number of aliphatic hydroxyl groups is 3. The zero-order valence-corrected chi connectivity index (χ0v) is 29.2. The Morgan fingerprint density at radius 1 is 1.00 bits per heavy atom. The predicted molar refractivity (Wildman–Crippen MR) is 180 cm³/mol. The first-order chi connectivity index (χ1) is 23.1. The van der Waals surface area contributed by atoms with E-state index in [0.717, 1.165) is 45.3 Å². The largest absolute Gasteiger partial charge is 0.472 e. The van der Waals surface area contributed by atoms with E-state index in [9.17, 15) is 30.0 Å². The number of unbranched alkanes of at least 4 members (excludes halogenated alkanes) is 13. The molecule has 3 heterocycles. The van der Waals surface area contributed by atoms with Crippen LogP contribution in [0.3, 0.4) is 0 Å². The van der Waals surface area contributed by atoms with Gasteiger partial charge in [-0.2, -0.15) is 10.4 Å². The van der Waals surface area contributed by atoms with Crippen LogP contribution in [-0.4, -0.2) is 85.7 Å². The van der Waals surface area contributed by atoms with Crippen LogP contribution in [0.4, 0.5) is 5.82 Å². The van der Waals surface area contributed by atoms with Crippen molar-refractivity contribution in [1.82, 2.24) is 14.6 Å². The SMILES string of the molecule is CCCCCCCCCOCCCCCCCCCC[C@@H](O)COP(=O)(O)OC[C@H]1O[C@@](C#N)(c2ccc3c(N)ncnn23)C(O)[C@H]1O. The molecule has 3 rings (SSSR count). The lowest BCUT2D eigenvalue weighted by atomic mass is 9.92. The Morgan fingerprint density at radius 2 is 1.60 bits per heavy atom. The molecule has 0 bridgehead atoms. The van der Waals surface area contributed by atoms with Crippen molar-refractivity contribution < 1.29 is 43.3 Å². The number of rotatable bonds is 26. The summed E-state index contributed by atoms with van der Waals surface area (Å²) >= 11 is 0. The molecule has 0 radical (unpaired) electrons. The van der Waals surface area contributed by atoms with Crippen LogP contribution in [-0.2, 0) is 28.7 Å². The molecule has 272 valence electrons. The maximum Gasteiger partial charge on any atom is 0.472 e. The monoisotopic (exact) mass is 697 g/mol. The minimum Gasteiger partial charge on any atom is -0.391 e. The minimum absolute atomic E-state index is 0.0874. The summed E-state index contributed by atoms with van der Waals surface area (Å²) in [5, 5.41) is 45.7. The first-order valence-electron chi connectivity index (χ1n) is 17.6. The van der Waals surface area contributed by atoms with Crippen molar-refractivity contribution in [2.24, 2.45) is 0 Å². The highest BCUT2D eigenvalue weighted by Gasteiger charge is 2.58. The van der Waals surface area contributed by atoms with Gasteiger partial charge in [0.1, 0.15) is 36.2 Å². The zero-order valence-electron chi connectivity index (χ0n) is 28.3. The van der Waals surface area contributed by atoms with E-state index in [1.165, 1.54) is 87.2 Å². The fraction of sp³-hybridized carbons (Fsp3) is 0.788. The van der Waals surface area contributed by atoms with Crippen LogP contribution in [0.25, 0.3) is 5.52 Å². The second kappa shape index (κ2) is 21.1. The molecule has 2 unspecified atom stereocenters. The van der Waals surface area contributed by atoms with Crippen LogP contribution in [0.15, 0.2) is 18.5 Å². The van der Waals surface area contributed by atoms with Gasteiger partial charge in [-0.05, 0) is 31.4 Å². The van der Waals surface area contributed by atoms with E-state index < -0.39 is 51.1 Å². The van der Waals surface area contributed by atoms with Gasteiger partial charge in [-0.15, -0.1) is 0 Å². The third kappa shape index (κ3) is 12.3. The van der Waals surface area contributed by atoms with Crippen LogP contribution in [0.2, 0.25) is 0 Å². The van der Waals surface area contributed by atoms with Gasteiger partial charge >= 0.3 is 7.82 Å². The normalized spacial score (nSPS) is 23.0. The highest BCUT2D eigenvalue weighted by molar-refractivity contribution is 7.47. The molecule has 14 nitrogen and oxygen atoms in total. The fourth-order valence-corrected chi connectivity index (χ4v) is 6.70. The smallest absolute Gasteiger partial charge is 0.391 e. The van der Waals surface area contributed by atoms with Crippen molar-refractivity contribution in [2.45, 2.75) is 140 Å². The van der Waals surface area contributed by atoms with E-state index in [4.69, 9.17) is 24.3 Å². The van der Waals surface area contributed by atoms with Gasteiger partial charge in [0, 0.05) is 13.2 Å². The molecule has 2 aromatic heterocycles. The van der Waals surface area contributed by atoms with E-state index in [1.54, 1.807) is 0 Å². The van der Waals surface area contributed by atoms with Gasteiger partial charge in [0.05, 0.1) is 25.0 Å². The number of nitriles is 1. The quantitative estimate of drug-likeness (QED) is 0.0652. The van der Waals surface area contributed by atoms with Crippen molar-refractivity contribution in [3.05, 3.63) is 24.2 Å². The van der Waals surface area contributed by atoms with E-state index in [1.807, 2.05) is 6.07 Å². The average Bonchev–Trinajstić information content (AvgIpc) is 3.62.